The predicted molar refractivity (Wildman–Crippen MR) is 61.6 cm³/mol. The summed E-state index contributed by atoms with van der Waals surface area (Å²) >= 11 is 0. The second-order valence-corrected chi connectivity index (χ2v) is 4.73. The Morgan fingerprint density at radius 2 is 2.31 bits per heavy atom. The standard InChI is InChI=1S/C12H18N2O2/c1-12(2)8-16-7-10(14-12)9-4-5-11(15-3)13-6-9/h4-6,10,14H,7-8H2,1-3H3. The molecule has 1 N–H and O–H groups in total. The zero-order valence-electron chi connectivity index (χ0n) is 9.99. The molecule has 2 heterocycles. The molecule has 0 bridgehead atoms. The maximum atomic E-state index is 5.59. The van der Waals surface area contributed by atoms with Gasteiger partial charge in [-0.2, -0.15) is 0 Å². The van der Waals surface area contributed by atoms with E-state index in [9.17, 15) is 0 Å². The second kappa shape index (κ2) is 4.39. The Morgan fingerprint density at radius 3 is 2.88 bits per heavy atom. The normalized spacial score (nSPS) is 24.1. The van der Waals surface area contributed by atoms with Crippen LogP contribution in [0.15, 0.2) is 18.3 Å². The first-order chi connectivity index (χ1) is 7.61. The average Bonchev–Trinajstić information content (AvgIpc) is 2.28. The van der Waals surface area contributed by atoms with Crippen LogP contribution in [0.2, 0.25) is 0 Å². The minimum absolute atomic E-state index is 0.0167. The molecule has 0 amide bonds. The molecule has 1 aliphatic rings. The lowest BCUT2D eigenvalue weighted by Crippen LogP contribution is -2.51. The van der Waals surface area contributed by atoms with E-state index in [0.717, 1.165) is 12.2 Å². The van der Waals surface area contributed by atoms with Crippen molar-refractivity contribution in [1.82, 2.24) is 10.3 Å². The van der Waals surface area contributed by atoms with Crippen molar-refractivity contribution in [3.05, 3.63) is 23.9 Å². The van der Waals surface area contributed by atoms with Gasteiger partial charge in [0.25, 0.3) is 0 Å². The summed E-state index contributed by atoms with van der Waals surface area (Å²) < 4.78 is 10.6. The van der Waals surface area contributed by atoms with Crippen molar-refractivity contribution in [3.8, 4) is 5.88 Å². The first-order valence-corrected chi connectivity index (χ1v) is 5.46. The van der Waals surface area contributed by atoms with E-state index in [1.165, 1.54) is 0 Å². The number of ether oxygens (including phenoxy) is 2. The summed E-state index contributed by atoms with van der Waals surface area (Å²) in [5.74, 6) is 0.639. The summed E-state index contributed by atoms with van der Waals surface area (Å²) in [6.45, 7) is 5.71. The second-order valence-electron chi connectivity index (χ2n) is 4.73. The maximum absolute atomic E-state index is 5.59. The number of nitrogens with zero attached hydrogens (tertiary/aromatic N) is 1. The van der Waals surface area contributed by atoms with Crippen molar-refractivity contribution in [2.24, 2.45) is 0 Å². The highest BCUT2D eigenvalue weighted by atomic mass is 16.5. The Kier molecular flexibility index (Phi) is 3.12. The van der Waals surface area contributed by atoms with E-state index >= 15 is 0 Å². The summed E-state index contributed by atoms with van der Waals surface area (Å²) in [5, 5.41) is 3.54. The third kappa shape index (κ3) is 2.51. The molecule has 0 radical (unpaired) electrons. The molecule has 0 saturated carbocycles. The van der Waals surface area contributed by atoms with Gasteiger partial charge < -0.3 is 14.8 Å². The molecule has 1 aliphatic heterocycles. The Balaban J connectivity index is 2.11. The zero-order chi connectivity index (χ0) is 11.6. The van der Waals surface area contributed by atoms with Gasteiger partial charge in [-0.15, -0.1) is 0 Å². The molecule has 1 fully saturated rings. The number of morpholine rings is 1. The fourth-order valence-corrected chi connectivity index (χ4v) is 1.89. The van der Waals surface area contributed by atoms with Crippen molar-refractivity contribution in [3.63, 3.8) is 0 Å². The number of aromatic nitrogens is 1. The molecule has 2 rings (SSSR count). The van der Waals surface area contributed by atoms with E-state index in [0.29, 0.717) is 12.5 Å². The molecule has 1 aromatic rings. The molecule has 4 heteroatoms. The molecule has 88 valence electrons. The highest BCUT2D eigenvalue weighted by Gasteiger charge is 2.28. The Bertz CT molecular complexity index is 349. The van der Waals surface area contributed by atoms with Gasteiger partial charge >= 0.3 is 0 Å². The van der Waals surface area contributed by atoms with Crippen LogP contribution in [0.5, 0.6) is 5.88 Å². The van der Waals surface area contributed by atoms with Gasteiger partial charge in [-0.25, -0.2) is 4.98 Å². The summed E-state index contributed by atoms with van der Waals surface area (Å²) in [5.41, 5.74) is 1.15. The third-order valence-corrected chi connectivity index (χ3v) is 2.68. The van der Waals surface area contributed by atoms with Crippen LogP contribution >= 0.6 is 0 Å². The highest BCUT2D eigenvalue weighted by molar-refractivity contribution is 5.21. The largest absolute Gasteiger partial charge is 0.481 e. The Hall–Kier alpha value is -1.13. The van der Waals surface area contributed by atoms with Crippen LogP contribution < -0.4 is 10.1 Å². The molecule has 4 nitrogen and oxygen atoms in total. The Labute approximate surface area is 96.0 Å². The minimum Gasteiger partial charge on any atom is -0.481 e. The molecule has 1 saturated heterocycles. The summed E-state index contributed by atoms with van der Waals surface area (Å²) in [6, 6.07) is 4.11. The first kappa shape index (κ1) is 11.4. The number of nitrogens with one attached hydrogen (secondary N) is 1. The highest BCUT2D eigenvalue weighted by Crippen LogP contribution is 2.22. The van der Waals surface area contributed by atoms with Crippen molar-refractivity contribution < 1.29 is 9.47 Å². The number of pyridine rings is 1. The van der Waals surface area contributed by atoms with Crippen LogP contribution in [0.25, 0.3) is 0 Å². The Morgan fingerprint density at radius 1 is 1.50 bits per heavy atom. The van der Waals surface area contributed by atoms with Gasteiger partial charge in [-0.1, -0.05) is 6.07 Å². The van der Waals surface area contributed by atoms with E-state index in [-0.39, 0.29) is 11.6 Å². The molecule has 0 aromatic carbocycles. The van der Waals surface area contributed by atoms with E-state index in [2.05, 4.69) is 24.1 Å². The topological polar surface area (TPSA) is 43.4 Å². The number of rotatable bonds is 2. The van der Waals surface area contributed by atoms with Crippen molar-refractivity contribution in [1.29, 1.82) is 0 Å². The minimum atomic E-state index is 0.0167. The number of methoxy groups -OCH3 is 1. The van der Waals surface area contributed by atoms with Crippen molar-refractivity contribution in [2.75, 3.05) is 20.3 Å². The van der Waals surface area contributed by atoms with Crippen LogP contribution in [-0.4, -0.2) is 30.8 Å². The summed E-state index contributed by atoms with van der Waals surface area (Å²) in [6.07, 6.45) is 1.83. The molecule has 1 unspecified atom stereocenters. The molecule has 1 atom stereocenters. The molecular formula is C12H18N2O2. The summed E-state index contributed by atoms with van der Waals surface area (Å²) in [7, 11) is 1.62. The fraction of sp³-hybridized carbons (Fsp3) is 0.583. The quantitative estimate of drug-likeness (QED) is 0.824. The zero-order valence-corrected chi connectivity index (χ0v) is 9.99. The lowest BCUT2D eigenvalue weighted by molar-refractivity contribution is 0.0126. The third-order valence-electron chi connectivity index (χ3n) is 2.68. The SMILES string of the molecule is COc1ccc(C2COCC(C)(C)N2)cn1. The number of hydrogen-bond donors (Lipinski definition) is 1. The lowest BCUT2D eigenvalue weighted by atomic mass is 10.00. The van der Waals surface area contributed by atoms with Gasteiger partial charge in [0, 0.05) is 17.8 Å². The van der Waals surface area contributed by atoms with E-state index in [4.69, 9.17) is 9.47 Å². The van der Waals surface area contributed by atoms with Crippen LogP contribution in [-0.2, 0) is 4.74 Å². The first-order valence-electron chi connectivity index (χ1n) is 5.46. The monoisotopic (exact) mass is 222 g/mol. The van der Waals surface area contributed by atoms with Crippen molar-refractivity contribution in [2.45, 2.75) is 25.4 Å². The molecule has 1 aromatic heterocycles. The lowest BCUT2D eigenvalue weighted by Gasteiger charge is -2.37. The van der Waals surface area contributed by atoms with Crippen LogP contribution in [0, 0.1) is 0 Å². The smallest absolute Gasteiger partial charge is 0.212 e. The van der Waals surface area contributed by atoms with Gasteiger partial charge in [0.1, 0.15) is 0 Å². The van der Waals surface area contributed by atoms with Gasteiger partial charge in [-0.3, -0.25) is 0 Å². The van der Waals surface area contributed by atoms with E-state index in [1.54, 1.807) is 7.11 Å². The molecular weight excluding hydrogens is 204 g/mol. The molecule has 0 aliphatic carbocycles. The van der Waals surface area contributed by atoms with Crippen LogP contribution in [0.4, 0.5) is 0 Å². The maximum Gasteiger partial charge on any atom is 0.212 e. The molecule has 16 heavy (non-hydrogen) atoms. The van der Waals surface area contributed by atoms with Gasteiger partial charge in [0.05, 0.1) is 26.4 Å². The van der Waals surface area contributed by atoms with E-state index in [1.807, 2.05) is 18.3 Å². The fourth-order valence-electron chi connectivity index (χ4n) is 1.89. The van der Waals surface area contributed by atoms with Gasteiger partial charge in [0.2, 0.25) is 5.88 Å². The van der Waals surface area contributed by atoms with E-state index < -0.39 is 0 Å². The van der Waals surface area contributed by atoms with Crippen molar-refractivity contribution >= 4 is 0 Å². The predicted octanol–water partition coefficient (Wildman–Crippen LogP) is 1.53. The van der Waals surface area contributed by atoms with Crippen LogP contribution in [0.3, 0.4) is 0 Å². The average molecular weight is 222 g/mol. The van der Waals surface area contributed by atoms with Gasteiger partial charge in [0.15, 0.2) is 0 Å². The van der Waals surface area contributed by atoms with Crippen LogP contribution in [0.1, 0.15) is 25.5 Å². The van der Waals surface area contributed by atoms with Gasteiger partial charge in [-0.05, 0) is 19.4 Å². The number of hydrogen-bond acceptors (Lipinski definition) is 4. The summed E-state index contributed by atoms with van der Waals surface area (Å²) in [4.78, 5) is 4.20. The molecule has 0 spiro atoms.